The number of nitro groups is 1. The Labute approximate surface area is 171 Å². The van der Waals surface area contributed by atoms with Crippen molar-refractivity contribution < 1.29 is 19.2 Å². The van der Waals surface area contributed by atoms with E-state index >= 15 is 0 Å². The molecule has 10 heteroatoms. The molecule has 0 radical (unpaired) electrons. The third-order valence-electron chi connectivity index (χ3n) is 4.22. The minimum Gasteiger partial charge on any atom is -0.450 e. The summed E-state index contributed by atoms with van der Waals surface area (Å²) in [6.07, 6.45) is -0.781. The van der Waals surface area contributed by atoms with E-state index in [-0.39, 0.29) is 30.4 Å². The van der Waals surface area contributed by atoms with Crippen LogP contribution in [0.15, 0.2) is 48.5 Å². The quantitative estimate of drug-likeness (QED) is 0.304. The molecule has 4 N–H and O–H groups in total. The fraction of sp³-hybridized carbons (Fsp3) is 0.150. The standard InChI is InChI=1S/C20H19N5O5/c1-2-30-20(27)24-17-10-15(18(25(28)29)19(21)23-17)22-11-16(26)14-8-7-12-5-3-4-6-13(12)9-14/h3-10H,2,11H2,1H3,(H4,21,22,23,24,27). The molecule has 0 spiro atoms. The lowest BCUT2D eigenvalue weighted by Crippen LogP contribution is -2.18. The van der Waals surface area contributed by atoms with E-state index in [1.54, 1.807) is 19.1 Å². The van der Waals surface area contributed by atoms with Crippen molar-refractivity contribution in [3.05, 3.63) is 64.2 Å². The first-order valence-corrected chi connectivity index (χ1v) is 9.03. The van der Waals surface area contributed by atoms with Crippen LogP contribution in [0.2, 0.25) is 0 Å². The van der Waals surface area contributed by atoms with E-state index < -0.39 is 22.5 Å². The van der Waals surface area contributed by atoms with Crippen LogP contribution < -0.4 is 16.4 Å². The molecule has 0 aliphatic heterocycles. The highest BCUT2D eigenvalue weighted by molar-refractivity contribution is 6.02. The normalized spacial score (nSPS) is 10.4. The number of anilines is 3. The monoisotopic (exact) mass is 409 g/mol. The summed E-state index contributed by atoms with van der Waals surface area (Å²) < 4.78 is 4.76. The number of fused-ring (bicyclic) bond motifs is 1. The molecule has 10 nitrogen and oxygen atoms in total. The maximum atomic E-state index is 12.6. The van der Waals surface area contributed by atoms with Crippen LogP contribution in [0.4, 0.5) is 27.8 Å². The number of carbonyl (C=O) groups is 2. The van der Waals surface area contributed by atoms with Gasteiger partial charge in [-0.2, -0.15) is 0 Å². The number of nitrogens with one attached hydrogen (secondary N) is 2. The predicted octanol–water partition coefficient (Wildman–Crippen LogP) is 3.59. The summed E-state index contributed by atoms with van der Waals surface area (Å²) in [5.41, 5.74) is 5.60. The smallest absolute Gasteiger partial charge is 0.412 e. The van der Waals surface area contributed by atoms with Crippen molar-refractivity contribution >= 4 is 45.7 Å². The van der Waals surface area contributed by atoms with Crippen LogP contribution in [-0.4, -0.2) is 34.9 Å². The summed E-state index contributed by atoms with van der Waals surface area (Å²) >= 11 is 0. The van der Waals surface area contributed by atoms with E-state index in [2.05, 4.69) is 15.6 Å². The maximum absolute atomic E-state index is 12.6. The number of carbonyl (C=O) groups excluding carboxylic acids is 2. The fourth-order valence-electron chi connectivity index (χ4n) is 2.86. The van der Waals surface area contributed by atoms with Crippen LogP contribution in [0.25, 0.3) is 10.8 Å². The molecule has 1 heterocycles. The molecule has 3 rings (SSSR count). The highest BCUT2D eigenvalue weighted by Crippen LogP contribution is 2.32. The fourth-order valence-corrected chi connectivity index (χ4v) is 2.86. The summed E-state index contributed by atoms with van der Waals surface area (Å²) in [5, 5.41) is 18.3. The maximum Gasteiger partial charge on any atom is 0.412 e. The second-order valence-corrected chi connectivity index (χ2v) is 6.23. The van der Waals surface area contributed by atoms with Gasteiger partial charge in [-0.1, -0.05) is 36.4 Å². The molecule has 30 heavy (non-hydrogen) atoms. The third-order valence-corrected chi connectivity index (χ3v) is 4.22. The molecule has 0 saturated heterocycles. The number of hydrogen-bond donors (Lipinski definition) is 3. The largest absolute Gasteiger partial charge is 0.450 e. The number of aromatic nitrogens is 1. The van der Waals surface area contributed by atoms with Gasteiger partial charge < -0.3 is 15.8 Å². The molecule has 0 aliphatic carbocycles. The van der Waals surface area contributed by atoms with Crippen LogP contribution in [-0.2, 0) is 4.74 Å². The summed E-state index contributed by atoms with van der Waals surface area (Å²) in [6, 6.07) is 14.1. The molecule has 0 aliphatic rings. The van der Waals surface area contributed by atoms with Crippen molar-refractivity contribution in [2.24, 2.45) is 0 Å². The number of pyridine rings is 1. The van der Waals surface area contributed by atoms with Crippen LogP contribution in [0.3, 0.4) is 0 Å². The Morgan fingerprint density at radius 2 is 1.90 bits per heavy atom. The average molecular weight is 409 g/mol. The molecule has 154 valence electrons. The number of nitrogens with zero attached hydrogens (tertiary/aromatic N) is 2. The Morgan fingerprint density at radius 3 is 2.60 bits per heavy atom. The number of ether oxygens (including phenoxy) is 1. The van der Waals surface area contributed by atoms with Gasteiger partial charge in [0.2, 0.25) is 5.82 Å². The molecular weight excluding hydrogens is 390 g/mol. The summed E-state index contributed by atoms with van der Waals surface area (Å²) in [4.78, 5) is 38.7. The Bertz CT molecular complexity index is 1130. The number of hydrogen-bond acceptors (Lipinski definition) is 8. The van der Waals surface area contributed by atoms with Gasteiger partial charge in [-0.3, -0.25) is 20.2 Å². The number of amides is 1. The zero-order chi connectivity index (χ0) is 21.7. The van der Waals surface area contributed by atoms with Gasteiger partial charge in [0.15, 0.2) is 5.78 Å². The molecule has 3 aromatic rings. The molecule has 0 atom stereocenters. The molecule has 0 fully saturated rings. The van der Waals surface area contributed by atoms with Crippen LogP contribution >= 0.6 is 0 Å². The topological polar surface area (TPSA) is 149 Å². The van der Waals surface area contributed by atoms with E-state index in [1.807, 2.05) is 30.3 Å². The van der Waals surface area contributed by atoms with Crippen LogP contribution in [0, 0.1) is 10.1 Å². The van der Waals surface area contributed by atoms with Crippen LogP contribution in [0.1, 0.15) is 17.3 Å². The first-order valence-electron chi connectivity index (χ1n) is 9.03. The lowest BCUT2D eigenvalue weighted by molar-refractivity contribution is -0.383. The summed E-state index contributed by atoms with van der Waals surface area (Å²) in [7, 11) is 0. The second kappa shape index (κ2) is 8.86. The highest BCUT2D eigenvalue weighted by Gasteiger charge is 2.22. The lowest BCUT2D eigenvalue weighted by atomic mass is 10.0. The highest BCUT2D eigenvalue weighted by atomic mass is 16.6. The summed E-state index contributed by atoms with van der Waals surface area (Å²) in [5.74, 6) is -0.725. The van der Waals surface area contributed by atoms with Crippen LogP contribution in [0.5, 0.6) is 0 Å². The van der Waals surface area contributed by atoms with Gasteiger partial charge in [0.1, 0.15) is 11.5 Å². The number of nitrogen functional groups attached to an aromatic ring is 1. The molecular formula is C20H19N5O5. The van der Waals surface area contributed by atoms with Gasteiger partial charge in [0.25, 0.3) is 0 Å². The average Bonchev–Trinajstić information content (AvgIpc) is 2.71. The third kappa shape index (κ3) is 4.61. The minimum atomic E-state index is -0.781. The molecule has 2 aromatic carbocycles. The predicted molar refractivity (Wildman–Crippen MR) is 113 cm³/mol. The number of nitrogens with two attached hydrogens (primary N) is 1. The SMILES string of the molecule is CCOC(=O)Nc1cc(NCC(=O)c2ccc3ccccc3c2)c([N+](=O)[O-])c(N)n1. The zero-order valence-electron chi connectivity index (χ0n) is 16.0. The minimum absolute atomic E-state index is 0.0443. The Balaban J connectivity index is 1.82. The molecule has 1 aromatic heterocycles. The number of benzene rings is 2. The van der Waals surface area contributed by atoms with E-state index in [9.17, 15) is 19.7 Å². The van der Waals surface area contributed by atoms with Crippen molar-refractivity contribution in [3.63, 3.8) is 0 Å². The molecule has 0 saturated carbocycles. The van der Waals surface area contributed by atoms with Crippen molar-refractivity contribution in [1.82, 2.24) is 4.98 Å². The van der Waals surface area contributed by atoms with Gasteiger partial charge in [-0.15, -0.1) is 0 Å². The van der Waals surface area contributed by atoms with E-state index in [0.717, 1.165) is 10.8 Å². The second-order valence-electron chi connectivity index (χ2n) is 6.23. The first-order chi connectivity index (χ1) is 14.4. The van der Waals surface area contributed by atoms with E-state index in [4.69, 9.17) is 10.5 Å². The van der Waals surface area contributed by atoms with Gasteiger partial charge in [-0.25, -0.2) is 9.78 Å². The van der Waals surface area contributed by atoms with Gasteiger partial charge in [0.05, 0.1) is 18.1 Å². The Hall–Kier alpha value is -4.21. The van der Waals surface area contributed by atoms with E-state index in [0.29, 0.717) is 5.56 Å². The summed E-state index contributed by atoms with van der Waals surface area (Å²) in [6.45, 7) is 1.55. The van der Waals surface area contributed by atoms with Gasteiger partial charge in [0, 0.05) is 11.6 Å². The van der Waals surface area contributed by atoms with Crippen molar-refractivity contribution in [2.45, 2.75) is 6.92 Å². The van der Waals surface area contributed by atoms with Crippen molar-refractivity contribution in [3.8, 4) is 0 Å². The molecule has 1 amide bonds. The zero-order valence-corrected chi connectivity index (χ0v) is 16.0. The van der Waals surface area contributed by atoms with Gasteiger partial charge >= 0.3 is 11.8 Å². The lowest BCUT2D eigenvalue weighted by Gasteiger charge is -2.11. The van der Waals surface area contributed by atoms with Crippen molar-refractivity contribution in [1.29, 1.82) is 0 Å². The van der Waals surface area contributed by atoms with E-state index in [1.165, 1.54) is 6.07 Å². The Morgan fingerprint density at radius 1 is 1.17 bits per heavy atom. The number of Topliss-reactive ketones (excluding diaryl/α,β-unsaturated/α-hetero) is 1. The first kappa shape index (κ1) is 20.5. The van der Waals surface area contributed by atoms with Gasteiger partial charge in [-0.05, 0) is 23.8 Å². The number of rotatable bonds is 7. The molecule has 0 bridgehead atoms. The number of ketones is 1. The van der Waals surface area contributed by atoms with Crippen molar-refractivity contribution in [2.75, 3.05) is 29.5 Å². The Kier molecular flexibility index (Phi) is 6.06. The molecule has 0 unspecified atom stereocenters.